The smallest absolute Gasteiger partial charge is 0.243 e. The number of carbonyl (C=O) groups excluding carboxylic acids is 2. The van der Waals surface area contributed by atoms with E-state index in [1.807, 2.05) is 38.1 Å². The summed E-state index contributed by atoms with van der Waals surface area (Å²) < 4.78 is 0. The minimum Gasteiger partial charge on any atom is -0.373 e. The van der Waals surface area contributed by atoms with E-state index in [4.69, 9.17) is 0 Å². The van der Waals surface area contributed by atoms with E-state index in [2.05, 4.69) is 16.0 Å². The lowest BCUT2D eigenvalue weighted by molar-refractivity contribution is -0.126. The van der Waals surface area contributed by atoms with Crippen LogP contribution in [-0.2, 0) is 16.0 Å². The Labute approximate surface area is 119 Å². The summed E-state index contributed by atoms with van der Waals surface area (Å²) in [4.78, 5) is 23.5. The number of rotatable bonds is 5. The highest BCUT2D eigenvalue weighted by atomic mass is 16.2. The molecule has 3 N–H and O–H groups in total. The van der Waals surface area contributed by atoms with Crippen LogP contribution in [0.4, 0.5) is 5.69 Å². The number of anilines is 1. The van der Waals surface area contributed by atoms with E-state index < -0.39 is 0 Å². The second-order valence-electron chi connectivity index (χ2n) is 5.47. The van der Waals surface area contributed by atoms with E-state index in [-0.39, 0.29) is 24.4 Å². The Balaban J connectivity index is 1.76. The molecule has 1 aromatic carbocycles. The van der Waals surface area contributed by atoms with Gasteiger partial charge >= 0.3 is 0 Å². The third kappa shape index (κ3) is 3.73. The molecule has 0 unspecified atom stereocenters. The van der Waals surface area contributed by atoms with Crippen LogP contribution in [0.2, 0.25) is 0 Å². The molecule has 108 valence electrons. The van der Waals surface area contributed by atoms with Crippen molar-refractivity contribution in [3.63, 3.8) is 0 Å². The third-order valence-corrected chi connectivity index (χ3v) is 3.22. The number of para-hydroxylation sites is 1. The van der Waals surface area contributed by atoms with Crippen LogP contribution in [0.25, 0.3) is 0 Å². The number of carbonyl (C=O) groups is 2. The molecule has 0 spiro atoms. The summed E-state index contributed by atoms with van der Waals surface area (Å²) in [7, 11) is 0. The molecule has 0 aliphatic carbocycles. The predicted molar refractivity (Wildman–Crippen MR) is 78.4 cm³/mol. The Bertz CT molecular complexity index is 475. The molecule has 0 radical (unpaired) electrons. The monoisotopic (exact) mass is 275 g/mol. The number of benzene rings is 1. The Morgan fingerprint density at radius 3 is 2.75 bits per heavy atom. The van der Waals surface area contributed by atoms with Gasteiger partial charge in [0.25, 0.3) is 0 Å². The zero-order chi connectivity index (χ0) is 14.5. The van der Waals surface area contributed by atoms with E-state index in [1.54, 1.807) is 0 Å². The molecule has 1 aliphatic heterocycles. The van der Waals surface area contributed by atoms with Crippen LogP contribution in [0, 0.1) is 5.92 Å². The van der Waals surface area contributed by atoms with Gasteiger partial charge in [-0.1, -0.05) is 32.0 Å². The Morgan fingerprint density at radius 1 is 1.30 bits per heavy atom. The fourth-order valence-corrected chi connectivity index (χ4v) is 2.13. The number of hydrogen-bond donors (Lipinski definition) is 3. The van der Waals surface area contributed by atoms with Crippen LogP contribution in [-0.4, -0.2) is 30.9 Å². The van der Waals surface area contributed by atoms with Gasteiger partial charge in [-0.25, -0.2) is 0 Å². The number of nitrogens with one attached hydrogen (secondary N) is 3. The van der Waals surface area contributed by atoms with Crippen molar-refractivity contribution in [1.82, 2.24) is 10.6 Å². The fraction of sp³-hybridized carbons (Fsp3) is 0.467. The molecule has 5 heteroatoms. The van der Waals surface area contributed by atoms with E-state index in [0.717, 1.165) is 11.3 Å². The summed E-state index contributed by atoms with van der Waals surface area (Å²) >= 11 is 0. The van der Waals surface area contributed by atoms with Gasteiger partial charge in [-0.3, -0.25) is 9.59 Å². The Morgan fingerprint density at radius 2 is 2.05 bits per heavy atom. The van der Waals surface area contributed by atoms with E-state index in [9.17, 15) is 9.59 Å². The SMILES string of the molecule is CC(C)CNC(=O)CNC(=O)[C@@H]1Cc2ccccc2N1. The van der Waals surface area contributed by atoms with Gasteiger partial charge in [-0.05, 0) is 17.5 Å². The van der Waals surface area contributed by atoms with Crippen molar-refractivity contribution in [2.45, 2.75) is 26.3 Å². The van der Waals surface area contributed by atoms with Crippen LogP contribution in [0.3, 0.4) is 0 Å². The summed E-state index contributed by atoms with van der Waals surface area (Å²) in [5.41, 5.74) is 2.13. The van der Waals surface area contributed by atoms with Crippen molar-refractivity contribution in [2.75, 3.05) is 18.4 Å². The molecule has 2 rings (SSSR count). The molecule has 0 fully saturated rings. The number of amides is 2. The molecule has 5 nitrogen and oxygen atoms in total. The maximum Gasteiger partial charge on any atom is 0.243 e. The van der Waals surface area contributed by atoms with E-state index in [1.165, 1.54) is 0 Å². The number of hydrogen-bond acceptors (Lipinski definition) is 3. The molecule has 1 aliphatic rings. The first-order valence-electron chi connectivity index (χ1n) is 6.95. The molecule has 0 aromatic heterocycles. The minimum atomic E-state index is -0.287. The van der Waals surface area contributed by atoms with Crippen LogP contribution < -0.4 is 16.0 Å². The maximum atomic E-state index is 12.0. The first-order chi connectivity index (χ1) is 9.56. The van der Waals surface area contributed by atoms with Gasteiger partial charge in [0, 0.05) is 18.7 Å². The van der Waals surface area contributed by atoms with Gasteiger partial charge in [0.15, 0.2) is 0 Å². The summed E-state index contributed by atoms with van der Waals surface area (Å²) in [6.45, 7) is 4.71. The summed E-state index contributed by atoms with van der Waals surface area (Å²) in [5, 5.41) is 8.61. The topological polar surface area (TPSA) is 70.2 Å². The summed E-state index contributed by atoms with van der Waals surface area (Å²) in [6, 6.07) is 7.57. The van der Waals surface area contributed by atoms with Crippen molar-refractivity contribution in [2.24, 2.45) is 5.92 Å². The van der Waals surface area contributed by atoms with E-state index in [0.29, 0.717) is 18.9 Å². The minimum absolute atomic E-state index is 0.0279. The van der Waals surface area contributed by atoms with Crippen molar-refractivity contribution in [3.8, 4) is 0 Å². The highest BCUT2D eigenvalue weighted by molar-refractivity contribution is 5.90. The van der Waals surface area contributed by atoms with Crippen molar-refractivity contribution < 1.29 is 9.59 Å². The molecular weight excluding hydrogens is 254 g/mol. The van der Waals surface area contributed by atoms with Gasteiger partial charge in [-0.2, -0.15) is 0 Å². The number of fused-ring (bicyclic) bond motifs is 1. The van der Waals surface area contributed by atoms with Crippen LogP contribution in [0.1, 0.15) is 19.4 Å². The van der Waals surface area contributed by atoms with Crippen LogP contribution >= 0.6 is 0 Å². The van der Waals surface area contributed by atoms with Gasteiger partial charge in [0.1, 0.15) is 6.04 Å². The fourth-order valence-electron chi connectivity index (χ4n) is 2.13. The van der Waals surface area contributed by atoms with Crippen LogP contribution in [0.5, 0.6) is 0 Å². The molecule has 2 amide bonds. The van der Waals surface area contributed by atoms with Gasteiger partial charge in [0.2, 0.25) is 11.8 Å². The molecule has 0 saturated carbocycles. The molecule has 20 heavy (non-hydrogen) atoms. The third-order valence-electron chi connectivity index (χ3n) is 3.22. The maximum absolute atomic E-state index is 12.0. The first-order valence-corrected chi connectivity index (χ1v) is 6.95. The lowest BCUT2D eigenvalue weighted by atomic mass is 10.1. The highest BCUT2D eigenvalue weighted by Crippen LogP contribution is 2.24. The first kappa shape index (κ1) is 14.4. The van der Waals surface area contributed by atoms with E-state index >= 15 is 0 Å². The zero-order valence-electron chi connectivity index (χ0n) is 11.9. The lowest BCUT2D eigenvalue weighted by Gasteiger charge is -2.12. The van der Waals surface area contributed by atoms with Crippen molar-refractivity contribution >= 4 is 17.5 Å². The Hall–Kier alpha value is -2.04. The van der Waals surface area contributed by atoms with Crippen molar-refractivity contribution in [1.29, 1.82) is 0 Å². The quantitative estimate of drug-likeness (QED) is 0.748. The standard InChI is InChI=1S/C15H21N3O2/c1-10(2)8-16-14(19)9-17-15(20)13-7-11-5-3-4-6-12(11)18-13/h3-6,10,13,18H,7-9H2,1-2H3,(H,16,19)(H,17,20)/t13-/m0/s1. The molecule has 0 bridgehead atoms. The highest BCUT2D eigenvalue weighted by Gasteiger charge is 2.26. The van der Waals surface area contributed by atoms with Crippen LogP contribution in [0.15, 0.2) is 24.3 Å². The van der Waals surface area contributed by atoms with Gasteiger partial charge in [0.05, 0.1) is 6.54 Å². The Kier molecular flexibility index (Phi) is 4.61. The molecule has 0 saturated heterocycles. The molecule has 1 atom stereocenters. The average Bonchev–Trinajstić information content (AvgIpc) is 2.86. The largest absolute Gasteiger partial charge is 0.373 e. The second kappa shape index (κ2) is 6.41. The second-order valence-corrected chi connectivity index (χ2v) is 5.47. The van der Waals surface area contributed by atoms with Gasteiger partial charge in [-0.15, -0.1) is 0 Å². The summed E-state index contributed by atoms with van der Waals surface area (Å²) in [6.07, 6.45) is 0.662. The average molecular weight is 275 g/mol. The molecule has 1 aromatic rings. The molecular formula is C15H21N3O2. The summed E-state index contributed by atoms with van der Waals surface area (Å²) in [5.74, 6) is 0.115. The normalized spacial score (nSPS) is 16.4. The zero-order valence-corrected chi connectivity index (χ0v) is 11.9. The molecule has 1 heterocycles. The predicted octanol–water partition coefficient (Wildman–Crippen LogP) is 0.912. The van der Waals surface area contributed by atoms with Crippen molar-refractivity contribution in [3.05, 3.63) is 29.8 Å². The van der Waals surface area contributed by atoms with Gasteiger partial charge < -0.3 is 16.0 Å². The lowest BCUT2D eigenvalue weighted by Crippen LogP contribution is -2.44.